The maximum Gasteiger partial charge on any atom is 0.278 e. The molecule has 1 aromatic carbocycles. The van der Waals surface area contributed by atoms with Gasteiger partial charge in [0.25, 0.3) is 11.2 Å². The van der Waals surface area contributed by atoms with E-state index in [0.717, 1.165) is 0 Å². The van der Waals surface area contributed by atoms with Gasteiger partial charge in [-0.3, -0.25) is 19.9 Å². The molecule has 120 valence electrons. The molecule has 0 unspecified atom stereocenters. The first-order valence-corrected chi connectivity index (χ1v) is 6.79. The minimum absolute atomic E-state index is 0.0536. The van der Waals surface area contributed by atoms with Crippen LogP contribution in [0.4, 0.5) is 11.6 Å². The molecule has 23 heavy (non-hydrogen) atoms. The number of benzene rings is 1. The van der Waals surface area contributed by atoms with Gasteiger partial charge in [0.2, 0.25) is 5.95 Å². The largest absolute Gasteiger partial charge is 0.288 e. The number of hydrogen-bond donors (Lipinski definition) is 2. The second-order valence-electron chi connectivity index (χ2n) is 5.79. The molecule has 2 N–H and O–H groups in total. The van der Waals surface area contributed by atoms with E-state index in [1.54, 1.807) is 18.2 Å². The number of para-hydroxylation sites is 1. The van der Waals surface area contributed by atoms with E-state index in [1.807, 2.05) is 20.8 Å². The summed E-state index contributed by atoms with van der Waals surface area (Å²) in [6, 6.07) is 6.16. The fourth-order valence-electron chi connectivity index (χ4n) is 1.80. The van der Waals surface area contributed by atoms with Gasteiger partial charge in [-0.25, -0.2) is 5.43 Å². The molecule has 1 heterocycles. The van der Waals surface area contributed by atoms with Crippen molar-refractivity contribution >= 4 is 17.9 Å². The zero-order valence-electron chi connectivity index (χ0n) is 12.9. The zero-order valence-corrected chi connectivity index (χ0v) is 12.9. The van der Waals surface area contributed by atoms with E-state index < -0.39 is 10.3 Å². The summed E-state index contributed by atoms with van der Waals surface area (Å²) in [5.74, 6) is 0.0536. The molecule has 0 saturated carbocycles. The van der Waals surface area contributed by atoms with Crippen molar-refractivity contribution in [2.24, 2.45) is 5.10 Å². The first-order valence-electron chi connectivity index (χ1n) is 6.79. The lowest BCUT2D eigenvalue weighted by Gasteiger charge is -2.15. The Morgan fingerprint density at radius 1 is 1.30 bits per heavy atom. The Kier molecular flexibility index (Phi) is 4.49. The molecule has 2 aromatic rings. The molecule has 0 amide bonds. The van der Waals surface area contributed by atoms with Crippen molar-refractivity contribution in [3.05, 3.63) is 56.0 Å². The molecule has 0 spiro atoms. The Labute approximate surface area is 131 Å². The number of aromatic amines is 1. The van der Waals surface area contributed by atoms with Gasteiger partial charge in [-0.1, -0.05) is 32.9 Å². The quantitative estimate of drug-likeness (QED) is 0.503. The van der Waals surface area contributed by atoms with E-state index in [0.29, 0.717) is 11.3 Å². The number of nitro benzene ring substituents is 1. The van der Waals surface area contributed by atoms with Crippen molar-refractivity contribution in [1.82, 2.24) is 15.2 Å². The third kappa shape index (κ3) is 3.96. The van der Waals surface area contributed by atoms with E-state index in [2.05, 4.69) is 25.7 Å². The molecular formula is C14H16N6O3. The van der Waals surface area contributed by atoms with Crippen LogP contribution in [0.5, 0.6) is 0 Å². The van der Waals surface area contributed by atoms with Crippen LogP contribution in [0.1, 0.15) is 32.0 Å². The highest BCUT2D eigenvalue weighted by atomic mass is 16.6. The Hall–Kier alpha value is -3.10. The van der Waals surface area contributed by atoms with Gasteiger partial charge in [0, 0.05) is 11.5 Å². The molecule has 0 atom stereocenters. The van der Waals surface area contributed by atoms with Crippen LogP contribution in [0.2, 0.25) is 0 Å². The van der Waals surface area contributed by atoms with Crippen LogP contribution in [0.3, 0.4) is 0 Å². The van der Waals surface area contributed by atoms with Crippen LogP contribution in [-0.4, -0.2) is 26.3 Å². The number of nitrogens with one attached hydrogen (secondary N) is 2. The Morgan fingerprint density at radius 2 is 2.00 bits per heavy atom. The van der Waals surface area contributed by atoms with Crippen LogP contribution < -0.4 is 11.0 Å². The lowest BCUT2D eigenvalue weighted by molar-refractivity contribution is -0.385. The van der Waals surface area contributed by atoms with Gasteiger partial charge in [0.1, 0.15) is 5.69 Å². The summed E-state index contributed by atoms with van der Waals surface area (Å²) < 4.78 is 0. The Morgan fingerprint density at radius 3 is 2.61 bits per heavy atom. The molecule has 0 aliphatic rings. The molecule has 1 aromatic heterocycles. The third-order valence-electron chi connectivity index (χ3n) is 2.91. The van der Waals surface area contributed by atoms with Crippen molar-refractivity contribution in [2.45, 2.75) is 26.2 Å². The van der Waals surface area contributed by atoms with E-state index in [1.165, 1.54) is 12.3 Å². The summed E-state index contributed by atoms with van der Waals surface area (Å²) in [6.07, 6.45) is 1.27. The summed E-state index contributed by atoms with van der Waals surface area (Å²) in [5.41, 5.74) is 2.28. The van der Waals surface area contributed by atoms with Crippen LogP contribution in [-0.2, 0) is 5.41 Å². The van der Waals surface area contributed by atoms with Gasteiger partial charge >= 0.3 is 0 Å². The predicted molar refractivity (Wildman–Crippen MR) is 85.7 cm³/mol. The average molecular weight is 316 g/mol. The smallest absolute Gasteiger partial charge is 0.278 e. The maximum atomic E-state index is 11.9. The minimum atomic E-state index is -0.499. The highest BCUT2D eigenvalue weighted by molar-refractivity contribution is 5.85. The molecule has 0 bridgehead atoms. The third-order valence-corrected chi connectivity index (χ3v) is 2.91. The highest BCUT2D eigenvalue weighted by Crippen LogP contribution is 2.16. The highest BCUT2D eigenvalue weighted by Gasteiger charge is 2.20. The molecular weight excluding hydrogens is 300 g/mol. The standard InChI is InChI=1S/C14H16N6O3/c1-14(2,3)11-12(21)16-13(19-17-11)18-15-8-9-6-4-5-7-10(9)20(22)23/h4-8H,1-3H3,(H2,16,18,19,21)/b15-8+. The molecule has 0 saturated heterocycles. The SMILES string of the molecule is CC(C)(C)c1nnc(N/N=C/c2ccccc2[N+](=O)[O-])[nH]c1=O. The Balaban J connectivity index is 2.17. The second kappa shape index (κ2) is 6.34. The molecule has 2 rings (SSSR count). The summed E-state index contributed by atoms with van der Waals surface area (Å²) in [6.45, 7) is 5.56. The summed E-state index contributed by atoms with van der Waals surface area (Å²) in [7, 11) is 0. The van der Waals surface area contributed by atoms with Gasteiger partial charge in [-0.05, 0) is 6.07 Å². The van der Waals surface area contributed by atoms with Gasteiger partial charge in [-0.15, -0.1) is 10.2 Å². The van der Waals surface area contributed by atoms with E-state index >= 15 is 0 Å². The van der Waals surface area contributed by atoms with Crippen molar-refractivity contribution in [3.8, 4) is 0 Å². The van der Waals surface area contributed by atoms with Crippen LogP contribution in [0.15, 0.2) is 34.2 Å². The first-order chi connectivity index (χ1) is 10.8. The fourth-order valence-corrected chi connectivity index (χ4v) is 1.80. The average Bonchev–Trinajstić information content (AvgIpc) is 2.46. The van der Waals surface area contributed by atoms with Crippen LogP contribution in [0.25, 0.3) is 0 Å². The number of H-pyrrole nitrogens is 1. The summed E-state index contributed by atoms with van der Waals surface area (Å²) >= 11 is 0. The van der Waals surface area contributed by atoms with Crippen LogP contribution >= 0.6 is 0 Å². The fraction of sp³-hybridized carbons (Fsp3) is 0.286. The number of rotatable bonds is 4. The van der Waals surface area contributed by atoms with Crippen LogP contribution in [0, 0.1) is 10.1 Å². The number of nitro groups is 1. The maximum absolute atomic E-state index is 11.9. The van der Waals surface area contributed by atoms with Gasteiger partial charge in [0.05, 0.1) is 16.7 Å². The van der Waals surface area contributed by atoms with Crippen molar-refractivity contribution < 1.29 is 4.92 Å². The summed E-state index contributed by atoms with van der Waals surface area (Å²) in [5, 5.41) is 22.4. The van der Waals surface area contributed by atoms with Crippen molar-refractivity contribution in [1.29, 1.82) is 0 Å². The number of hydrazone groups is 1. The lowest BCUT2D eigenvalue weighted by atomic mass is 9.93. The number of anilines is 1. The molecule has 0 aliphatic heterocycles. The second-order valence-corrected chi connectivity index (χ2v) is 5.79. The lowest BCUT2D eigenvalue weighted by Crippen LogP contribution is -2.28. The molecule has 0 fully saturated rings. The predicted octanol–water partition coefficient (Wildman–Crippen LogP) is 1.82. The van der Waals surface area contributed by atoms with Crippen molar-refractivity contribution in [2.75, 3.05) is 5.43 Å². The molecule has 9 heteroatoms. The first kappa shape index (κ1) is 16.3. The van der Waals surface area contributed by atoms with Gasteiger partial charge < -0.3 is 0 Å². The normalized spacial score (nSPS) is 11.6. The van der Waals surface area contributed by atoms with E-state index in [-0.39, 0.29) is 17.2 Å². The van der Waals surface area contributed by atoms with E-state index in [9.17, 15) is 14.9 Å². The molecule has 9 nitrogen and oxygen atoms in total. The minimum Gasteiger partial charge on any atom is -0.288 e. The molecule has 0 aliphatic carbocycles. The van der Waals surface area contributed by atoms with E-state index in [4.69, 9.17) is 0 Å². The molecule has 0 radical (unpaired) electrons. The number of hydrogen-bond acceptors (Lipinski definition) is 7. The topological polar surface area (TPSA) is 126 Å². The monoisotopic (exact) mass is 316 g/mol. The summed E-state index contributed by atoms with van der Waals surface area (Å²) in [4.78, 5) is 24.8. The number of nitrogens with zero attached hydrogens (tertiary/aromatic N) is 4. The zero-order chi connectivity index (χ0) is 17.0. The van der Waals surface area contributed by atoms with Gasteiger partial charge in [0.15, 0.2) is 0 Å². The Bertz CT molecular complexity index is 807. The number of aromatic nitrogens is 3. The van der Waals surface area contributed by atoms with Crippen molar-refractivity contribution in [3.63, 3.8) is 0 Å². The van der Waals surface area contributed by atoms with Gasteiger partial charge in [-0.2, -0.15) is 5.10 Å².